The number of halogens is 3. The quantitative estimate of drug-likeness (QED) is 0.577. The largest absolute Gasteiger partial charge is 0.288 e. The van der Waals surface area contributed by atoms with Crippen molar-refractivity contribution in [1.82, 2.24) is 0 Å². The highest BCUT2D eigenvalue weighted by Gasteiger charge is 2.19. The summed E-state index contributed by atoms with van der Waals surface area (Å²) in [6.07, 6.45) is 0. The van der Waals surface area contributed by atoms with Crippen LogP contribution < -0.4 is 0 Å². The standard InChI is InChI=1S/C13H7F3O/c14-10-7-6-9(11(15)12(10)16)13(17)8-4-2-1-3-5-8/h1-7H. The number of rotatable bonds is 2. The second-order valence-electron chi connectivity index (χ2n) is 3.42. The molecule has 2 rings (SSSR count). The van der Waals surface area contributed by atoms with Crippen LogP contribution in [0.15, 0.2) is 42.5 Å². The van der Waals surface area contributed by atoms with Gasteiger partial charge in [-0.1, -0.05) is 30.3 Å². The Balaban J connectivity index is 2.49. The molecule has 0 heterocycles. The van der Waals surface area contributed by atoms with Gasteiger partial charge in [0.1, 0.15) is 0 Å². The third-order valence-corrected chi connectivity index (χ3v) is 2.32. The number of hydrogen-bond acceptors (Lipinski definition) is 1. The van der Waals surface area contributed by atoms with Crippen LogP contribution in [0.1, 0.15) is 15.9 Å². The van der Waals surface area contributed by atoms with Crippen molar-refractivity contribution in [3.63, 3.8) is 0 Å². The summed E-state index contributed by atoms with van der Waals surface area (Å²) in [7, 11) is 0. The van der Waals surface area contributed by atoms with E-state index >= 15 is 0 Å². The number of hydrogen-bond donors (Lipinski definition) is 0. The van der Waals surface area contributed by atoms with Gasteiger partial charge in [0.25, 0.3) is 0 Å². The van der Waals surface area contributed by atoms with Gasteiger partial charge in [-0.15, -0.1) is 0 Å². The van der Waals surface area contributed by atoms with Crippen LogP contribution in [-0.2, 0) is 0 Å². The summed E-state index contributed by atoms with van der Waals surface area (Å²) in [6.45, 7) is 0. The molecule has 86 valence electrons. The summed E-state index contributed by atoms with van der Waals surface area (Å²) in [5.41, 5.74) is -0.257. The zero-order valence-corrected chi connectivity index (χ0v) is 8.58. The van der Waals surface area contributed by atoms with Crippen molar-refractivity contribution >= 4 is 5.78 Å². The molecule has 0 atom stereocenters. The summed E-state index contributed by atoms with van der Waals surface area (Å²) in [4.78, 5) is 11.8. The van der Waals surface area contributed by atoms with E-state index in [0.717, 1.165) is 12.1 Å². The van der Waals surface area contributed by atoms with E-state index in [1.807, 2.05) is 0 Å². The second-order valence-corrected chi connectivity index (χ2v) is 3.42. The van der Waals surface area contributed by atoms with Gasteiger partial charge in [0, 0.05) is 5.56 Å². The molecule has 0 saturated heterocycles. The van der Waals surface area contributed by atoms with Crippen LogP contribution in [0.2, 0.25) is 0 Å². The van der Waals surface area contributed by atoms with E-state index < -0.39 is 28.8 Å². The summed E-state index contributed by atoms with van der Waals surface area (Å²) < 4.78 is 39.0. The van der Waals surface area contributed by atoms with Gasteiger partial charge in [0.15, 0.2) is 23.2 Å². The zero-order chi connectivity index (χ0) is 12.4. The summed E-state index contributed by atoms with van der Waals surface area (Å²) in [5, 5.41) is 0. The first kappa shape index (κ1) is 11.4. The number of ketones is 1. The molecule has 0 aliphatic carbocycles. The number of benzene rings is 2. The molecule has 0 unspecified atom stereocenters. The molecule has 4 heteroatoms. The third-order valence-electron chi connectivity index (χ3n) is 2.32. The van der Waals surface area contributed by atoms with E-state index in [-0.39, 0.29) is 5.56 Å². The molecule has 2 aromatic rings. The molecule has 0 aromatic heterocycles. The van der Waals surface area contributed by atoms with Crippen LogP contribution in [0, 0.1) is 17.5 Å². The Hall–Kier alpha value is -2.10. The van der Waals surface area contributed by atoms with Crippen molar-refractivity contribution in [3.8, 4) is 0 Å². The molecule has 0 aliphatic rings. The molecule has 0 N–H and O–H groups in total. The van der Waals surface area contributed by atoms with Crippen LogP contribution >= 0.6 is 0 Å². The minimum absolute atomic E-state index is 0.220. The Kier molecular flexibility index (Phi) is 2.95. The molecule has 0 radical (unpaired) electrons. The Bertz CT molecular complexity index is 564. The van der Waals surface area contributed by atoms with Gasteiger partial charge < -0.3 is 0 Å². The average Bonchev–Trinajstić information content (AvgIpc) is 2.36. The fourth-order valence-corrected chi connectivity index (χ4v) is 1.45. The van der Waals surface area contributed by atoms with Crippen LogP contribution in [0.25, 0.3) is 0 Å². The number of carbonyl (C=O) groups excluding carboxylic acids is 1. The molecule has 0 bridgehead atoms. The molecular formula is C13H7F3O. The first-order valence-corrected chi connectivity index (χ1v) is 4.84. The van der Waals surface area contributed by atoms with Gasteiger partial charge in [0.05, 0.1) is 5.56 Å². The van der Waals surface area contributed by atoms with E-state index in [1.165, 1.54) is 12.1 Å². The molecule has 2 aromatic carbocycles. The second kappa shape index (κ2) is 4.41. The average molecular weight is 236 g/mol. The third kappa shape index (κ3) is 2.06. The van der Waals surface area contributed by atoms with Crippen molar-refractivity contribution < 1.29 is 18.0 Å². The highest BCUT2D eigenvalue weighted by Crippen LogP contribution is 2.18. The Morgan fingerprint density at radius 2 is 1.47 bits per heavy atom. The van der Waals surface area contributed by atoms with Crippen LogP contribution in [-0.4, -0.2) is 5.78 Å². The lowest BCUT2D eigenvalue weighted by molar-refractivity contribution is 0.103. The first-order valence-electron chi connectivity index (χ1n) is 4.84. The minimum Gasteiger partial charge on any atom is -0.288 e. The maximum Gasteiger partial charge on any atom is 0.196 e. The predicted octanol–water partition coefficient (Wildman–Crippen LogP) is 3.33. The maximum atomic E-state index is 13.4. The van der Waals surface area contributed by atoms with Crippen LogP contribution in [0.3, 0.4) is 0 Å². The highest BCUT2D eigenvalue weighted by molar-refractivity contribution is 6.09. The van der Waals surface area contributed by atoms with E-state index in [1.54, 1.807) is 18.2 Å². The van der Waals surface area contributed by atoms with Gasteiger partial charge >= 0.3 is 0 Å². The van der Waals surface area contributed by atoms with E-state index in [0.29, 0.717) is 0 Å². The SMILES string of the molecule is O=C(c1ccccc1)c1ccc(F)c(F)c1F. The minimum atomic E-state index is -1.63. The smallest absolute Gasteiger partial charge is 0.196 e. The Labute approximate surface area is 95.5 Å². The topological polar surface area (TPSA) is 17.1 Å². The molecule has 0 saturated carbocycles. The normalized spacial score (nSPS) is 10.3. The lowest BCUT2D eigenvalue weighted by Gasteiger charge is -2.03. The van der Waals surface area contributed by atoms with Crippen molar-refractivity contribution in [2.75, 3.05) is 0 Å². The number of carbonyl (C=O) groups is 1. The monoisotopic (exact) mass is 236 g/mol. The maximum absolute atomic E-state index is 13.4. The summed E-state index contributed by atoms with van der Waals surface area (Å²) in [5.74, 6) is -5.08. The molecule has 0 spiro atoms. The van der Waals surface area contributed by atoms with Crippen molar-refractivity contribution in [3.05, 3.63) is 71.0 Å². The highest BCUT2D eigenvalue weighted by atomic mass is 19.2. The Morgan fingerprint density at radius 1 is 0.824 bits per heavy atom. The lowest BCUT2D eigenvalue weighted by Crippen LogP contribution is -2.07. The van der Waals surface area contributed by atoms with Crippen LogP contribution in [0.4, 0.5) is 13.2 Å². The van der Waals surface area contributed by atoms with E-state index in [4.69, 9.17) is 0 Å². The van der Waals surface area contributed by atoms with Crippen molar-refractivity contribution in [2.45, 2.75) is 0 Å². The fraction of sp³-hybridized carbons (Fsp3) is 0. The molecule has 0 amide bonds. The predicted molar refractivity (Wildman–Crippen MR) is 56.2 cm³/mol. The van der Waals surface area contributed by atoms with Gasteiger partial charge in [-0.2, -0.15) is 0 Å². The molecular weight excluding hydrogens is 229 g/mol. The van der Waals surface area contributed by atoms with Gasteiger partial charge in [-0.05, 0) is 12.1 Å². The summed E-state index contributed by atoms with van der Waals surface area (Å²) >= 11 is 0. The molecule has 17 heavy (non-hydrogen) atoms. The zero-order valence-electron chi connectivity index (χ0n) is 8.58. The summed E-state index contributed by atoms with van der Waals surface area (Å²) in [6, 6.07) is 9.51. The van der Waals surface area contributed by atoms with Crippen LogP contribution in [0.5, 0.6) is 0 Å². The fourth-order valence-electron chi connectivity index (χ4n) is 1.45. The van der Waals surface area contributed by atoms with Gasteiger partial charge in [-0.3, -0.25) is 4.79 Å². The van der Waals surface area contributed by atoms with Crippen molar-refractivity contribution in [2.24, 2.45) is 0 Å². The Morgan fingerprint density at radius 3 is 2.12 bits per heavy atom. The van der Waals surface area contributed by atoms with Gasteiger partial charge in [0.2, 0.25) is 0 Å². The van der Waals surface area contributed by atoms with E-state index in [9.17, 15) is 18.0 Å². The van der Waals surface area contributed by atoms with E-state index in [2.05, 4.69) is 0 Å². The first-order chi connectivity index (χ1) is 8.11. The molecule has 1 nitrogen and oxygen atoms in total. The lowest BCUT2D eigenvalue weighted by atomic mass is 10.0. The van der Waals surface area contributed by atoms with Gasteiger partial charge in [-0.25, -0.2) is 13.2 Å². The molecule has 0 fully saturated rings. The molecule has 0 aliphatic heterocycles. The van der Waals surface area contributed by atoms with Crippen molar-refractivity contribution in [1.29, 1.82) is 0 Å².